The molecule has 6 heteroatoms. The van der Waals surface area contributed by atoms with Crippen molar-refractivity contribution in [3.05, 3.63) is 50.4 Å². The van der Waals surface area contributed by atoms with Crippen molar-refractivity contribution in [2.75, 3.05) is 12.4 Å². The lowest BCUT2D eigenvalue weighted by Crippen LogP contribution is -2.22. The first-order valence-corrected chi connectivity index (χ1v) is 9.69. The van der Waals surface area contributed by atoms with Gasteiger partial charge in [0.25, 0.3) is 5.56 Å². The summed E-state index contributed by atoms with van der Waals surface area (Å²) < 4.78 is 7.37. The van der Waals surface area contributed by atoms with Gasteiger partial charge in [-0.15, -0.1) is 11.8 Å². The van der Waals surface area contributed by atoms with Crippen LogP contribution in [0.15, 0.2) is 22.0 Å². The summed E-state index contributed by atoms with van der Waals surface area (Å²) in [6, 6.07) is 1.92. The Bertz CT molecular complexity index is 866. The Morgan fingerprint density at radius 3 is 2.76 bits per heavy atom. The molecule has 0 radical (unpaired) electrons. The molecule has 2 aromatic rings. The Morgan fingerprint density at radius 1 is 1.36 bits per heavy atom. The van der Waals surface area contributed by atoms with Gasteiger partial charge in [-0.05, 0) is 56.9 Å². The van der Waals surface area contributed by atoms with Crippen LogP contribution < -0.4 is 5.56 Å². The van der Waals surface area contributed by atoms with Gasteiger partial charge < -0.3 is 9.84 Å². The maximum atomic E-state index is 13.0. The maximum absolute atomic E-state index is 13.0. The highest BCUT2D eigenvalue weighted by atomic mass is 32.2. The zero-order valence-corrected chi connectivity index (χ0v) is 16.0. The molecule has 1 aromatic carbocycles. The second kappa shape index (κ2) is 7.22. The summed E-state index contributed by atoms with van der Waals surface area (Å²) in [5, 5.41) is 2.85. The van der Waals surface area contributed by atoms with E-state index in [-0.39, 0.29) is 23.0 Å². The number of carbonyl (C=O) groups is 1. The standard InChI is InChI=1S/C19H24N2O3S/c1-5-21-19(23)14(10-20-21)17(22)13-9-11(3)18-16(12(13)4)15(24-6-2)7-8-25-18/h9-10,15,20H,5-8H2,1-4H3. The third-order valence-corrected chi connectivity index (χ3v) is 6.00. The molecule has 134 valence electrons. The number of hydrogen-bond acceptors (Lipinski definition) is 4. The molecule has 0 saturated heterocycles. The maximum Gasteiger partial charge on any atom is 0.277 e. The summed E-state index contributed by atoms with van der Waals surface area (Å²) in [5.41, 5.74) is 3.65. The highest BCUT2D eigenvalue weighted by molar-refractivity contribution is 7.99. The van der Waals surface area contributed by atoms with Crippen LogP contribution in [0.3, 0.4) is 0 Å². The van der Waals surface area contributed by atoms with Gasteiger partial charge in [0.2, 0.25) is 0 Å². The first kappa shape index (κ1) is 18.0. The molecule has 1 aliphatic rings. The number of thioether (sulfide) groups is 1. The number of rotatable bonds is 5. The van der Waals surface area contributed by atoms with Crippen molar-refractivity contribution >= 4 is 17.5 Å². The number of ether oxygens (including phenoxy) is 1. The van der Waals surface area contributed by atoms with Crippen molar-refractivity contribution in [1.82, 2.24) is 9.78 Å². The number of aryl methyl sites for hydroxylation is 2. The predicted octanol–water partition coefficient (Wildman–Crippen LogP) is 3.62. The second-order valence-corrected chi connectivity index (χ2v) is 7.36. The van der Waals surface area contributed by atoms with Crippen molar-refractivity contribution in [2.45, 2.75) is 51.7 Å². The van der Waals surface area contributed by atoms with E-state index < -0.39 is 0 Å². The van der Waals surface area contributed by atoms with Crippen LogP contribution >= 0.6 is 11.8 Å². The van der Waals surface area contributed by atoms with E-state index in [2.05, 4.69) is 5.10 Å². The molecule has 1 N–H and O–H groups in total. The van der Waals surface area contributed by atoms with Crippen LogP contribution in [0, 0.1) is 13.8 Å². The number of benzene rings is 1. The molecule has 0 fully saturated rings. The average molecular weight is 360 g/mol. The molecular weight excluding hydrogens is 336 g/mol. The molecule has 25 heavy (non-hydrogen) atoms. The molecule has 0 spiro atoms. The number of hydrogen-bond donors (Lipinski definition) is 1. The molecule has 0 bridgehead atoms. The van der Waals surface area contributed by atoms with E-state index in [9.17, 15) is 9.59 Å². The van der Waals surface area contributed by atoms with Crippen molar-refractivity contribution in [2.24, 2.45) is 0 Å². The minimum atomic E-state index is -0.266. The van der Waals surface area contributed by atoms with Gasteiger partial charge in [-0.3, -0.25) is 14.3 Å². The van der Waals surface area contributed by atoms with E-state index in [0.717, 1.165) is 28.9 Å². The molecule has 0 aliphatic carbocycles. The van der Waals surface area contributed by atoms with Crippen LogP contribution in [-0.2, 0) is 11.3 Å². The van der Waals surface area contributed by atoms with Gasteiger partial charge in [-0.25, -0.2) is 0 Å². The third-order valence-electron chi connectivity index (χ3n) is 4.73. The molecule has 1 aromatic heterocycles. The molecule has 0 amide bonds. The topological polar surface area (TPSA) is 64.1 Å². The largest absolute Gasteiger partial charge is 0.374 e. The van der Waals surface area contributed by atoms with Gasteiger partial charge in [0.15, 0.2) is 5.78 Å². The van der Waals surface area contributed by atoms with E-state index >= 15 is 0 Å². The van der Waals surface area contributed by atoms with E-state index in [4.69, 9.17) is 4.74 Å². The lowest BCUT2D eigenvalue weighted by molar-refractivity contribution is 0.0570. The number of carbonyl (C=O) groups excluding carboxylic acids is 1. The molecule has 5 nitrogen and oxygen atoms in total. The monoisotopic (exact) mass is 360 g/mol. The lowest BCUT2D eigenvalue weighted by atomic mass is 9.90. The van der Waals surface area contributed by atoms with E-state index in [0.29, 0.717) is 18.7 Å². The number of aromatic nitrogens is 2. The van der Waals surface area contributed by atoms with Crippen molar-refractivity contribution in [1.29, 1.82) is 0 Å². The van der Waals surface area contributed by atoms with Crippen LogP contribution in [0.4, 0.5) is 0 Å². The summed E-state index contributed by atoms with van der Waals surface area (Å²) in [6.07, 6.45) is 2.47. The zero-order chi connectivity index (χ0) is 18.1. The van der Waals surface area contributed by atoms with Gasteiger partial charge in [0, 0.05) is 35.6 Å². The van der Waals surface area contributed by atoms with Crippen LogP contribution in [0.1, 0.15) is 59.0 Å². The van der Waals surface area contributed by atoms with E-state index in [1.165, 1.54) is 15.8 Å². The molecule has 0 saturated carbocycles. The van der Waals surface area contributed by atoms with Crippen molar-refractivity contribution < 1.29 is 9.53 Å². The number of H-pyrrole nitrogens is 1. The Kier molecular flexibility index (Phi) is 5.20. The number of nitrogens with one attached hydrogen (secondary N) is 1. The smallest absolute Gasteiger partial charge is 0.277 e. The molecular formula is C19H24N2O3S. The third kappa shape index (κ3) is 3.09. The summed E-state index contributed by atoms with van der Waals surface area (Å²) in [7, 11) is 0. The summed E-state index contributed by atoms with van der Waals surface area (Å²) in [5.74, 6) is 0.798. The molecule has 1 unspecified atom stereocenters. The normalized spacial score (nSPS) is 16.7. The first-order chi connectivity index (χ1) is 12.0. The van der Waals surface area contributed by atoms with E-state index in [1.807, 2.05) is 45.5 Å². The van der Waals surface area contributed by atoms with Crippen LogP contribution in [0.25, 0.3) is 0 Å². The number of ketones is 1. The van der Waals surface area contributed by atoms with E-state index in [1.54, 1.807) is 0 Å². The molecule has 2 heterocycles. The fourth-order valence-electron chi connectivity index (χ4n) is 3.46. The van der Waals surface area contributed by atoms with Crippen molar-refractivity contribution in [3.8, 4) is 0 Å². The zero-order valence-electron chi connectivity index (χ0n) is 15.1. The van der Waals surface area contributed by atoms with Gasteiger partial charge in [-0.2, -0.15) is 0 Å². The van der Waals surface area contributed by atoms with Crippen molar-refractivity contribution in [3.63, 3.8) is 0 Å². The van der Waals surface area contributed by atoms with Gasteiger partial charge in [0.1, 0.15) is 5.56 Å². The SMILES string of the molecule is CCOC1CCSc2c(C)cc(C(=O)c3c[nH]n(CC)c3=O)c(C)c21. The Balaban J connectivity index is 2.13. The van der Waals surface area contributed by atoms with Crippen LogP contribution in [-0.4, -0.2) is 27.9 Å². The Labute approximate surface area is 151 Å². The lowest BCUT2D eigenvalue weighted by Gasteiger charge is -2.29. The average Bonchev–Trinajstić information content (AvgIpc) is 2.98. The van der Waals surface area contributed by atoms with Crippen LogP contribution in [0.5, 0.6) is 0 Å². The second-order valence-electron chi connectivity index (χ2n) is 6.26. The van der Waals surface area contributed by atoms with Gasteiger partial charge >= 0.3 is 0 Å². The molecule has 1 atom stereocenters. The summed E-state index contributed by atoms with van der Waals surface area (Å²) >= 11 is 1.82. The highest BCUT2D eigenvalue weighted by Gasteiger charge is 2.28. The molecule has 3 rings (SSSR count). The number of nitrogens with zero attached hydrogens (tertiary/aromatic N) is 1. The minimum Gasteiger partial charge on any atom is -0.374 e. The molecule has 1 aliphatic heterocycles. The van der Waals surface area contributed by atoms with Gasteiger partial charge in [-0.1, -0.05) is 0 Å². The highest BCUT2D eigenvalue weighted by Crippen LogP contribution is 2.43. The first-order valence-electron chi connectivity index (χ1n) is 8.70. The Morgan fingerprint density at radius 2 is 2.12 bits per heavy atom. The number of fused-ring (bicyclic) bond motifs is 1. The minimum absolute atomic E-state index is 0.0197. The van der Waals surface area contributed by atoms with Gasteiger partial charge in [0.05, 0.1) is 6.10 Å². The number of aromatic amines is 1. The summed E-state index contributed by atoms with van der Waals surface area (Å²) in [4.78, 5) is 26.6. The fourth-order valence-corrected chi connectivity index (χ4v) is 4.73. The summed E-state index contributed by atoms with van der Waals surface area (Å²) in [6.45, 7) is 9.00. The quantitative estimate of drug-likeness (QED) is 0.827. The predicted molar refractivity (Wildman–Crippen MR) is 99.8 cm³/mol. The fraction of sp³-hybridized carbons (Fsp3) is 0.474. The van der Waals surface area contributed by atoms with Crippen LogP contribution in [0.2, 0.25) is 0 Å². The Hall–Kier alpha value is -1.79.